The van der Waals surface area contributed by atoms with Crippen LogP contribution in [0.2, 0.25) is 0 Å². The van der Waals surface area contributed by atoms with Crippen LogP contribution in [-0.4, -0.2) is 19.0 Å². The molecule has 132 valence electrons. The lowest BCUT2D eigenvalue weighted by Crippen LogP contribution is -2.19. The number of halogens is 3. The van der Waals surface area contributed by atoms with E-state index in [1.54, 1.807) is 12.1 Å². The molecule has 0 aliphatic carbocycles. The summed E-state index contributed by atoms with van der Waals surface area (Å²) in [4.78, 5) is 14.5. The summed E-state index contributed by atoms with van der Waals surface area (Å²) < 4.78 is 37.7. The van der Waals surface area contributed by atoms with E-state index < -0.39 is 17.6 Å². The van der Waals surface area contributed by atoms with Crippen LogP contribution in [-0.2, 0) is 6.18 Å². The molecule has 0 bridgehead atoms. The van der Waals surface area contributed by atoms with Crippen molar-refractivity contribution in [3.05, 3.63) is 59.7 Å². The van der Waals surface area contributed by atoms with Gasteiger partial charge >= 0.3 is 6.18 Å². The summed E-state index contributed by atoms with van der Waals surface area (Å²) >= 11 is 0. The van der Waals surface area contributed by atoms with Crippen LogP contribution in [0.4, 0.5) is 24.5 Å². The molecule has 3 nitrogen and oxygen atoms in total. The number of hydrogen-bond donors (Lipinski definition) is 1. The molecular formula is C19H19F3N2O. The first-order valence-electron chi connectivity index (χ1n) is 8.16. The molecule has 1 fully saturated rings. The first-order chi connectivity index (χ1) is 11.8. The van der Waals surface area contributed by atoms with Gasteiger partial charge in [-0.3, -0.25) is 4.79 Å². The number of nitrogens with one attached hydrogen (secondary N) is 1. The molecule has 2 aromatic rings. The van der Waals surface area contributed by atoms with E-state index in [1.807, 2.05) is 12.1 Å². The van der Waals surface area contributed by atoms with Crippen molar-refractivity contribution in [2.45, 2.75) is 19.5 Å². The number of alkyl halides is 3. The lowest BCUT2D eigenvalue weighted by molar-refractivity contribution is -0.137. The number of nitrogens with zero attached hydrogens (tertiary/aromatic N) is 1. The highest BCUT2D eigenvalue weighted by atomic mass is 19.4. The predicted octanol–water partition coefficient (Wildman–Crippen LogP) is 4.80. The molecule has 3 rings (SSSR count). The molecule has 2 aromatic carbocycles. The Labute approximate surface area is 144 Å². The maximum Gasteiger partial charge on any atom is 0.416 e. The first kappa shape index (κ1) is 17.3. The average molecular weight is 348 g/mol. The Kier molecular flexibility index (Phi) is 4.70. The SMILES string of the molecule is CC1CCN(c2ccc(NC(=O)c3ccc(C(F)(F)F)cc3)cc2)C1. The molecule has 0 saturated carbocycles. The van der Waals surface area contributed by atoms with Crippen LogP contribution in [0.5, 0.6) is 0 Å². The molecular weight excluding hydrogens is 329 g/mol. The molecule has 1 saturated heterocycles. The minimum atomic E-state index is -4.40. The van der Waals surface area contributed by atoms with Crippen molar-refractivity contribution in [2.75, 3.05) is 23.3 Å². The molecule has 1 N–H and O–H groups in total. The number of carbonyl (C=O) groups is 1. The van der Waals surface area contributed by atoms with Crippen LogP contribution in [0.1, 0.15) is 29.3 Å². The van der Waals surface area contributed by atoms with Gasteiger partial charge in [-0.2, -0.15) is 13.2 Å². The van der Waals surface area contributed by atoms with Gasteiger partial charge in [0.15, 0.2) is 0 Å². The largest absolute Gasteiger partial charge is 0.416 e. The Bertz CT molecular complexity index is 739. The van der Waals surface area contributed by atoms with Gasteiger partial charge < -0.3 is 10.2 Å². The van der Waals surface area contributed by atoms with Crippen molar-refractivity contribution in [1.82, 2.24) is 0 Å². The van der Waals surface area contributed by atoms with Crippen molar-refractivity contribution < 1.29 is 18.0 Å². The Morgan fingerprint density at radius 3 is 2.24 bits per heavy atom. The molecule has 0 spiro atoms. The summed E-state index contributed by atoms with van der Waals surface area (Å²) in [5.41, 5.74) is 1.14. The molecule has 1 aliphatic heterocycles. The van der Waals surface area contributed by atoms with Gasteiger partial charge in [0.2, 0.25) is 0 Å². The van der Waals surface area contributed by atoms with E-state index in [-0.39, 0.29) is 5.56 Å². The van der Waals surface area contributed by atoms with Crippen molar-refractivity contribution in [2.24, 2.45) is 5.92 Å². The zero-order chi connectivity index (χ0) is 18.0. The normalized spacial score (nSPS) is 17.6. The number of benzene rings is 2. The summed E-state index contributed by atoms with van der Waals surface area (Å²) in [5.74, 6) is 0.246. The van der Waals surface area contributed by atoms with Crippen LogP contribution in [0.15, 0.2) is 48.5 Å². The van der Waals surface area contributed by atoms with E-state index >= 15 is 0 Å². The summed E-state index contributed by atoms with van der Waals surface area (Å²) in [6, 6.07) is 11.7. The lowest BCUT2D eigenvalue weighted by atomic mass is 10.1. The van der Waals surface area contributed by atoms with Gasteiger partial charge in [-0.25, -0.2) is 0 Å². The zero-order valence-electron chi connectivity index (χ0n) is 13.8. The molecule has 0 aromatic heterocycles. The third-order valence-electron chi connectivity index (χ3n) is 4.39. The summed E-state index contributed by atoms with van der Waals surface area (Å²) in [5, 5.41) is 2.70. The second kappa shape index (κ2) is 6.78. The highest BCUT2D eigenvalue weighted by molar-refractivity contribution is 6.04. The van der Waals surface area contributed by atoms with E-state index in [1.165, 1.54) is 18.6 Å². The number of anilines is 2. The molecule has 1 aliphatic rings. The van der Waals surface area contributed by atoms with Crippen LogP contribution < -0.4 is 10.2 Å². The number of amides is 1. The average Bonchev–Trinajstić information content (AvgIpc) is 3.01. The molecule has 1 heterocycles. The van der Waals surface area contributed by atoms with E-state index in [9.17, 15) is 18.0 Å². The van der Waals surface area contributed by atoms with Crippen LogP contribution >= 0.6 is 0 Å². The standard InChI is InChI=1S/C19H19F3N2O/c1-13-10-11-24(12-13)17-8-6-16(7-9-17)23-18(25)14-2-4-15(5-3-14)19(20,21)22/h2-9,13H,10-12H2,1H3,(H,23,25). The lowest BCUT2D eigenvalue weighted by Gasteiger charge is -2.18. The van der Waals surface area contributed by atoms with Gasteiger partial charge in [-0.15, -0.1) is 0 Å². The third kappa shape index (κ3) is 4.13. The van der Waals surface area contributed by atoms with Gasteiger partial charge in [-0.1, -0.05) is 6.92 Å². The minimum Gasteiger partial charge on any atom is -0.371 e. The number of hydrogen-bond acceptors (Lipinski definition) is 2. The molecule has 1 atom stereocenters. The van der Waals surface area contributed by atoms with Gasteiger partial charge in [0.05, 0.1) is 5.56 Å². The number of rotatable bonds is 3. The first-order valence-corrected chi connectivity index (χ1v) is 8.16. The summed E-state index contributed by atoms with van der Waals surface area (Å²) in [6.07, 6.45) is -3.23. The fraction of sp³-hybridized carbons (Fsp3) is 0.316. The van der Waals surface area contributed by atoms with Crippen molar-refractivity contribution >= 4 is 17.3 Å². The van der Waals surface area contributed by atoms with E-state index in [2.05, 4.69) is 17.1 Å². The third-order valence-corrected chi connectivity index (χ3v) is 4.39. The fourth-order valence-electron chi connectivity index (χ4n) is 2.94. The molecule has 25 heavy (non-hydrogen) atoms. The molecule has 6 heteroatoms. The molecule has 1 amide bonds. The predicted molar refractivity (Wildman–Crippen MR) is 91.8 cm³/mol. The monoisotopic (exact) mass is 348 g/mol. The van der Waals surface area contributed by atoms with E-state index in [4.69, 9.17) is 0 Å². The highest BCUT2D eigenvalue weighted by Gasteiger charge is 2.30. The van der Waals surface area contributed by atoms with E-state index in [0.29, 0.717) is 11.6 Å². The maximum atomic E-state index is 12.6. The van der Waals surface area contributed by atoms with Crippen LogP contribution in [0.25, 0.3) is 0 Å². The van der Waals surface area contributed by atoms with Crippen molar-refractivity contribution in [3.8, 4) is 0 Å². The molecule has 0 radical (unpaired) electrons. The number of carbonyl (C=O) groups excluding carboxylic acids is 1. The summed E-state index contributed by atoms with van der Waals surface area (Å²) in [7, 11) is 0. The maximum absolute atomic E-state index is 12.6. The van der Waals surface area contributed by atoms with Crippen molar-refractivity contribution in [3.63, 3.8) is 0 Å². The van der Waals surface area contributed by atoms with Gasteiger partial charge in [0, 0.05) is 30.0 Å². The van der Waals surface area contributed by atoms with Gasteiger partial charge in [0.1, 0.15) is 0 Å². The minimum absolute atomic E-state index is 0.186. The zero-order valence-corrected chi connectivity index (χ0v) is 13.8. The highest BCUT2D eigenvalue weighted by Crippen LogP contribution is 2.29. The smallest absolute Gasteiger partial charge is 0.371 e. The fourth-order valence-corrected chi connectivity index (χ4v) is 2.94. The Balaban J connectivity index is 1.64. The Morgan fingerprint density at radius 1 is 1.08 bits per heavy atom. The van der Waals surface area contributed by atoms with Crippen LogP contribution in [0.3, 0.4) is 0 Å². The van der Waals surface area contributed by atoms with Gasteiger partial charge in [0.25, 0.3) is 5.91 Å². The second-order valence-corrected chi connectivity index (χ2v) is 6.42. The van der Waals surface area contributed by atoms with Crippen LogP contribution in [0, 0.1) is 5.92 Å². The molecule has 1 unspecified atom stereocenters. The topological polar surface area (TPSA) is 32.3 Å². The van der Waals surface area contributed by atoms with Crippen molar-refractivity contribution in [1.29, 1.82) is 0 Å². The Morgan fingerprint density at radius 2 is 1.72 bits per heavy atom. The van der Waals surface area contributed by atoms with E-state index in [0.717, 1.165) is 30.9 Å². The van der Waals surface area contributed by atoms with Gasteiger partial charge in [-0.05, 0) is 60.9 Å². The quantitative estimate of drug-likeness (QED) is 0.864. The second-order valence-electron chi connectivity index (χ2n) is 6.42. The summed E-state index contributed by atoms with van der Waals surface area (Å²) in [6.45, 7) is 4.27. The Hall–Kier alpha value is -2.50.